The van der Waals surface area contributed by atoms with Gasteiger partial charge in [-0.15, -0.1) is 0 Å². The van der Waals surface area contributed by atoms with Crippen molar-refractivity contribution in [3.8, 4) is 22.4 Å². The van der Waals surface area contributed by atoms with Crippen LogP contribution in [0.1, 0.15) is 25.3 Å². The quantitative estimate of drug-likeness (QED) is 0.524. The van der Waals surface area contributed by atoms with Crippen molar-refractivity contribution in [2.75, 3.05) is 52.5 Å². The number of ether oxygens (including phenoxy) is 1. The molecule has 0 atom stereocenters. The van der Waals surface area contributed by atoms with Crippen LogP contribution in [-0.4, -0.2) is 71.8 Å². The van der Waals surface area contributed by atoms with E-state index in [1.807, 2.05) is 24.5 Å². The first-order chi connectivity index (χ1) is 16.3. The summed E-state index contributed by atoms with van der Waals surface area (Å²) in [4.78, 5) is 9.35. The van der Waals surface area contributed by atoms with Gasteiger partial charge in [0.1, 0.15) is 5.82 Å². The maximum absolute atomic E-state index is 13.5. The van der Waals surface area contributed by atoms with Crippen LogP contribution in [0, 0.1) is 5.82 Å². The van der Waals surface area contributed by atoms with Crippen LogP contribution in [0.5, 0.6) is 0 Å². The van der Waals surface area contributed by atoms with Crippen LogP contribution in [0.3, 0.4) is 0 Å². The van der Waals surface area contributed by atoms with Crippen molar-refractivity contribution in [1.29, 1.82) is 0 Å². The van der Waals surface area contributed by atoms with Crippen molar-refractivity contribution in [2.24, 2.45) is 0 Å². The van der Waals surface area contributed by atoms with E-state index in [0.717, 1.165) is 68.9 Å². The predicted molar refractivity (Wildman–Crippen MR) is 130 cm³/mol. The number of rotatable bonds is 7. The Kier molecular flexibility index (Phi) is 7.15. The minimum atomic E-state index is -0.204. The van der Waals surface area contributed by atoms with Crippen LogP contribution >= 0.6 is 0 Å². The highest BCUT2D eigenvalue weighted by Crippen LogP contribution is 2.37. The summed E-state index contributed by atoms with van der Waals surface area (Å²) >= 11 is 0. The van der Waals surface area contributed by atoms with Gasteiger partial charge in [-0.2, -0.15) is 0 Å². The Bertz CT molecular complexity index is 1010. The summed E-state index contributed by atoms with van der Waals surface area (Å²) < 4.78 is 21.4. The van der Waals surface area contributed by atoms with Gasteiger partial charge in [0.15, 0.2) is 0 Å². The number of morpholine rings is 1. The molecule has 6 heteroatoms. The zero-order valence-electron chi connectivity index (χ0n) is 19.2. The van der Waals surface area contributed by atoms with E-state index < -0.39 is 0 Å². The molecule has 0 radical (unpaired) electrons. The van der Waals surface area contributed by atoms with Crippen LogP contribution in [0.25, 0.3) is 22.4 Å². The molecule has 2 aliphatic heterocycles. The predicted octanol–water partition coefficient (Wildman–Crippen LogP) is 4.72. The molecule has 2 aromatic heterocycles. The van der Waals surface area contributed by atoms with Gasteiger partial charge in [0.2, 0.25) is 0 Å². The third-order valence-electron chi connectivity index (χ3n) is 7.03. The first kappa shape index (κ1) is 22.3. The lowest BCUT2D eigenvalue weighted by Gasteiger charge is -2.34. The molecule has 2 aliphatic rings. The van der Waals surface area contributed by atoms with Gasteiger partial charge in [0.25, 0.3) is 0 Å². The first-order valence-electron chi connectivity index (χ1n) is 12.2. The fraction of sp³-hybridized carbons (Fsp3) is 0.444. The highest BCUT2D eigenvalue weighted by molar-refractivity contribution is 5.81. The van der Waals surface area contributed by atoms with Gasteiger partial charge in [-0.05, 0) is 68.2 Å². The Labute approximate surface area is 195 Å². The average molecular weight is 449 g/mol. The Hall–Kier alpha value is -2.54. The fourth-order valence-corrected chi connectivity index (χ4v) is 5.19. The van der Waals surface area contributed by atoms with E-state index in [4.69, 9.17) is 4.74 Å². The molecule has 5 rings (SSSR count). The van der Waals surface area contributed by atoms with E-state index in [0.29, 0.717) is 6.04 Å². The van der Waals surface area contributed by atoms with E-state index in [9.17, 15) is 4.39 Å². The summed E-state index contributed by atoms with van der Waals surface area (Å²) in [7, 11) is 0. The van der Waals surface area contributed by atoms with Gasteiger partial charge in [-0.25, -0.2) is 4.39 Å². The smallest absolute Gasteiger partial charge is 0.123 e. The molecule has 2 saturated heterocycles. The van der Waals surface area contributed by atoms with Crippen LogP contribution in [0.4, 0.5) is 4.39 Å². The monoisotopic (exact) mass is 448 g/mol. The fourth-order valence-electron chi connectivity index (χ4n) is 5.19. The van der Waals surface area contributed by atoms with Crippen molar-refractivity contribution in [3.05, 3.63) is 66.9 Å². The number of halogens is 1. The Morgan fingerprint density at radius 1 is 0.818 bits per heavy atom. The number of hydrogen-bond donors (Lipinski definition) is 0. The second-order valence-electron chi connectivity index (χ2n) is 9.11. The van der Waals surface area contributed by atoms with Crippen LogP contribution in [0.2, 0.25) is 0 Å². The Balaban J connectivity index is 1.27. The first-order valence-corrected chi connectivity index (χ1v) is 12.2. The van der Waals surface area contributed by atoms with Crippen molar-refractivity contribution in [2.45, 2.75) is 25.3 Å². The summed E-state index contributed by atoms with van der Waals surface area (Å²) in [5, 5.41) is 0. The summed E-state index contributed by atoms with van der Waals surface area (Å²) in [5.74, 6) is -0.204. The highest BCUT2D eigenvalue weighted by Gasteiger charge is 2.24. The van der Waals surface area contributed by atoms with Crippen LogP contribution < -0.4 is 0 Å². The summed E-state index contributed by atoms with van der Waals surface area (Å²) in [6.07, 6.45) is 9.43. The van der Waals surface area contributed by atoms with Gasteiger partial charge in [0, 0.05) is 61.9 Å². The Morgan fingerprint density at radius 2 is 1.48 bits per heavy atom. The van der Waals surface area contributed by atoms with Crippen molar-refractivity contribution in [3.63, 3.8) is 0 Å². The lowest BCUT2D eigenvalue weighted by molar-refractivity contribution is 0.0356. The highest BCUT2D eigenvalue weighted by atomic mass is 19.1. The average Bonchev–Trinajstić information content (AvgIpc) is 3.31. The lowest BCUT2D eigenvalue weighted by Crippen LogP contribution is -2.39. The number of aromatic nitrogens is 2. The molecule has 0 spiro atoms. The molecule has 1 aromatic carbocycles. The van der Waals surface area contributed by atoms with Gasteiger partial charge >= 0.3 is 0 Å². The molecule has 174 valence electrons. The molecule has 0 bridgehead atoms. The molecule has 0 saturated carbocycles. The molecule has 2 fully saturated rings. The van der Waals surface area contributed by atoms with Crippen molar-refractivity contribution >= 4 is 0 Å². The van der Waals surface area contributed by atoms with Crippen molar-refractivity contribution in [1.82, 2.24) is 19.4 Å². The number of hydrogen-bond acceptors (Lipinski definition) is 4. The molecule has 0 unspecified atom stereocenters. The molecule has 4 heterocycles. The number of benzene rings is 1. The third kappa shape index (κ3) is 5.35. The number of pyridine rings is 1. The van der Waals surface area contributed by atoms with Crippen LogP contribution in [0.15, 0.2) is 61.1 Å². The van der Waals surface area contributed by atoms with Gasteiger partial charge in [-0.1, -0.05) is 12.1 Å². The summed E-state index contributed by atoms with van der Waals surface area (Å²) in [5.41, 5.74) is 4.55. The molecular weight excluding hydrogens is 415 g/mol. The largest absolute Gasteiger partial charge is 0.379 e. The molecule has 3 aromatic rings. The summed E-state index contributed by atoms with van der Waals surface area (Å²) in [6.45, 7) is 8.51. The van der Waals surface area contributed by atoms with E-state index in [2.05, 4.69) is 43.7 Å². The molecule has 0 aliphatic carbocycles. The third-order valence-corrected chi connectivity index (χ3v) is 7.03. The SMILES string of the molecule is Fc1ccc(-c2ccn(C3CCN(CCCN4CCOCC4)CC3)c2-c2ccncc2)cc1. The minimum Gasteiger partial charge on any atom is -0.379 e. The van der Waals surface area contributed by atoms with E-state index >= 15 is 0 Å². The zero-order chi connectivity index (χ0) is 22.5. The topological polar surface area (TPSA) is 33.5 Å². The summed E-state index contributed by atoms with van der Waals surface area (Å²) in [6, 6.07) is 13.6. The maximum Gasteiger partial charge on any atom is 0.123 e. The number of nitrogens with zero attached hydrogens (tertiary/aromatic N) is 4. The van der Waals surface area contributed by atoms with E-state index in [1.54, 1.807) is 12.1 Å². The van der Waals surface area contributed by atoms with Crippen molar-refractivity contribution < 1.29 is 9.13 Å². The Morgan fingerprint density at radius 3 is 2.18 bits per heavy atom. The minimum absolute atomic E-state index is 0.204. The van der Waals surface area contributed by atoms with Gasteiger partial charge < -0.3 is 14.2 Å². The molecule has 0 amide bonds. The normalized spacial score (nSPS) is 18.6. The number of piperidine rings is 1. The molecular formula is C27H33FN4O. The van der Waals surface area contributed by atoms with E-state index in [1.165, 1.54) is 25.2 Å². The maximum atomic E-state index is 13.5. The molecule has 33 heavy (non-hydrogen) atoms. The van der Waals surface area contributed by atoms with Gasteiger partial charge in [0.05, 0.1) is 18.9 Å². The lowest BCUT2D eigenvalue weighted by atomic mass is 10.00. The zero-order valence-corrected chi connectivity index (χ0v) is 19.2. The second-order valence-corrected chi connectivity index (χ2v) is 9.11. The molecule has 0 N–H and O–H groups in total. The standard InChI is InChI=1S/C27H33FN4O/c28-24-4-2-22(3-5-24)26-10-17-32(27(26)23-6-11-29-12-7-23)25-8-15-30(16-9-25)13-1-14-31-18-20-33-21-19-31/h2-7,10-12,17,25H,1,8-9,13-16,18-21H2. The van der Waals surface area contributed by atoms with Crippen LogP contribution in [-0.2, 0) is 4.74 Å². The van der Waals surface area contributed by atoms with E-state index in [-0.39, 0.29) is 5.82 Å². The second kappa shape index (κ2) is 10.6. The molecule has 5 nitrogen and oxygen atoms in total. The number of likely N-dealkylation sites (tertiary alicyclic amines) is 1. The van der Waals surface area contributed by atoms with Gasteiger partial charge in [-0.3, -0.25) is 9.88 Å².